The minimum absolute atomic E-state index is 0.0138. The molecule has 0 aliphatic heterocycles. The zero-order valence-corrected chi connectivity index (χ0v) is 100. The Balaban J connectivity index is 0.000000809. The summed E-state index contributed by atoms with van der Waals surface area (Å²) >= 11 is 18.8. The second kappa shape index (κ2) is 79.3. The number of ketones is 5. The molecule has 12 heterocycles. The lowest BCUT2D eigenvalue weighted by atomic mass is 10.2. The van der Waals surface area contributed by atoms with Gasteiger partial charge in [-0.15, -0.1) is 136 Å². The van der Waals surface area contributed by atoms with Crippen molar-refractivity contribution in [1.29, 1.82) is 0 Å². The lowest BCUT2D eigenvalue weighted by Gasteiger charge is -2.21. The van der Waals surface area contributed by atoms with Gasteiger partial charge in [0.25, 0.3) is 23.6 Å². The average Bonchev–Trinajstić information content (AvgIpc) is 1.70. The standard InChI is InChI=1S/C12H19NO3S.C11H17NOS.C10H18N2S.2C9H13NO2S.C9H10O3S.C9H12O2S.C9H12OS.C8H11NO2S.C8H11NOS.C8H10OS.C6H7NOS/c1-10-4-5-11(17-10)12(14)13(6-8-15-2)7-9-16-3;1-9-6-7-11(14-9)10(13)5-4-8-12(2)3;1-9-5-6-10(13-9)11-7-4-8-12(2)3;1-7-4-5-8(13-7)9(11)10(2)6-12-3;1-7-3-4-8(13-7)10-6-5-9(11)12-2;1-6-2-4-8(13-6)7(10)3-5-9(11)12;1-7-4-5-9(12-7)8(11)3-2-6-10;1-3-4-8(10)9-6-5-7(2)11-9;1-6-2-3-7(12-6)9-5-4-8(10)11;1-6-4-5-7(11-6)8(10)9(2)3;1-3-7(9)8-5-4-6(2)10-8;1-4-2-3-5(9-4)6(7)8/h4-5H,6-9H2,1-3H3;6-7H,4-5,8H2,1-3H3;5-6,11H,4,7-8H2,1-3H3;4-5H,6H2,1-3H3;3-4,10H,5-6H2,1-2H3;2,4H,3,5H2,1H3,(H,11,12);4-5,10H,2-3,6H2,1H3;5-6H,3-4H2,1-2H3;2-3,9H,4-5H2,1H3,(H,10,11);4-5H,1-3H3;4-5H,3H2,1-2H3;2-3H,1H3,(H2,7,8). The van der Waals surface area contributed by atoms with Crippen molar-refractivity contribution in [3.8, 4) is 0 Å². The number of anilines is 3. The number of hydrogen-bond donors (Lipinski definition) is 7. The van der Waals surface area contributed by atoms with Gasteiger partial charge in [0.15, 0.2) is 28.9 Å². The first-order chi connectivity index (χ1) is 70.1. The number of aliphatic carboxylic acids is 2. The summed E-state index contributed by atoms with van der Waals surface area (Å²) in [6.45, 7) is 35.0. The van der Waals surface area contributed by atoms with Crippen LogP contribution in [-0.2, 0) is 33.3 Å². The van der Waals surface area contributed by atoms with Gasteiger partial charge in [-0.3, -0.25) is 57.5 Å². The second-order valence-corrected chi connectivity index (χ2v) is 48.9. The molecular formula is C108H153N9O19S12. The van der Waals surface area contributed by atoms with Crippen LogP contribution in [0.25, 0.3) is 0 Å². The van der Waals surface area contributed by atoms with Gasteiger partial charge in [0.05, 0.1) is 98.5 Å². The van der Waals surface area contributed by atoms with Crippen LogP contribution in [0.3, 0.4) is 0 Å². The summed E-state index contributed by atoms with van der Waals surface area (Å²) in [4.78, 5) is 164. The molecule has 0 radical (unpaired) electrons. The molecule has 12 aromatic heterocycles. The Labute approximate surface area is 923 Å². The van der Waals surface area contributed by atoms with Crippen LogP contribution in [0.1, 0.15) is 236 Å². The third-order valence-corrected chi connectivity index (χ3v) is 31.2. The van der Waals surface area contributed by atoms with E-state index in [-0.39, 0.29) is 84.4 Å². The molecule has 4 amide bonds. The first-order valence-electron chi connectivity index (χ1n) is 47.7. The number of nitrogens with zero attached hydrogens (tertiary/aromatic N) is 5. The third-order valence-electron chi connectivity index (χ3n) is 19.1. The van der Waals surface area contributed by atoms with Gasteiger partial charge < -0.3 is 80.5 Å². The van der Waals surface area contributed by atoms with E-state index in [9.17, 15) is 57.5 Å². The topological polar surface area (TPSA) is 381 Å². The summed E-state index contributed by atoms with van der Waals surface area (Å²) < 4.78 is 19.4. The van der Waals surface area contributed by atoms with E-state index >= 15 is 0 Å². The number of thiophene rings is 12. The van der Waals surface area contributed by atoms with E-state index in [1.807, 2.05) is 230 Å². The largest absolute Gasteiger partial charge is 0.481 e. The van der Waals surface area contributed by atoms with E-state index < -0.39 is 11.9 Å². The summed E-state index contributed by atoms with van der Waals surface area (Å²) in [5, 5.41) is 38.3. The van der Waals surface area contributed by atoms with Crippen molar-refractivity contribution >= 4 is 221 Å². The van der Waals surface area contributed by atoms with Crippen LogP contribution in [0, 0.1) is 83.1 Å². The molecule has 40 heteroatoms. The Bertz CT molecular complexity index is 5800. The number of aliphatic hydroxyl groups is 1. The molecule has 0 aliphatic carbocycles. The molecular weight excluding hydrogens is 2110 g/mol. The monoisotopic (exact) mass is 2260 g/mol. The predicted molar refractivity (Wildman–Crippen MR) is 624 cm³/mol. The number of Topliss-reactive ketones (excluding diaryl/α,β-unsaturated/α-hetero) is 5. The average molecular weight is 2270 g/mol. The Morgan fingerprint density at radius 1 is 0.311 bits per heavy atom. The summed E-state index contributed by atoms with van der Waals surface area (Å²) in [5.74, 6) is -1.19. The lowest BCUT2D eigenvalue weighted by molar-refractivity contribution is -0.140. The summed E-state index contributed by atoms with van der Waals surface area (Å²) in [7, 11) is 19.8. The number of amides is 4. The van der Waals surface area contributed by atoms with Crippen LogP contribution in [-0.4, -0.2) is 260 Å². The first kappa shape index (κ1) is 136. The van der Waals surface area contributed by atoms with Gasteiger partial charge in [-0.1, -0.05) is 13.8 Å². The molecule has 0 atom stereocenters. The van der Waals surface area contributed by atoms with E-state index in [4.69, 9.17) is 35.3 Å². The normalized spacial score (nSPS) is 10.1. The van der Waals surface area contributed by atoms with Crippen LogP contribution in [0.2, 0.25) is 0 Å². The highest BCUT2D eigenvalue weighted by Gasteiger charge is 2.19. The molecule has 8 N–H and O–H groups in total. The number of hydrogen-bond acceptors (Lipinski definition) is 34. The molecule has 0 spiro atoms. The fourth-order valence-corrected chi connectivity index (χ4v) is 21.4. The molecule has 0 aliphatic rings. The molecule has 816 valence electrons. The van der Waals surface area contributed by atoms with Crippen LogP contribution < -0.4 is 21.7 Å². The molecule has 0 saturated carbocycles. The highest BCUT2D eigenvalue weighted by molar-refractivity contribution is 7.18. The number of primary amides is 1. The van der Waals surface area contributed by atoms with Gasteiger partial charge in [-0.05, 0) is 296 Å². The van der Waals surface area contributed by atoms with Gasteiger partial charge in [0, 0.05) is 172 Å². The third kappa shape index (κ3) is 63.4. The number of nitrogens with two attached hydrogens (primary N) is 1. The van der Waals surface area contributed by atoms with E-state index in [0.717, 1.165) is 101 Å². The quantitative estimate of drug-likeness (QED) is 0.00807. The SMILES string of the molecule is CCC(=O)c1ccc(C)s1.CCCC(=O)c1ccc(C)s1.COC(=O)CCNc1ccc(C)s1.COCCN(CCOC)C(=O)c1ccc(C)s1.COCN(C)C(=O)c1ccc(C)s1.Cc1ccc(C(=O)CCC(=O)O)s1.Cc1ccc(C(=O)CCCN(C)C)s1.Cc1ccc(C(=O)CCCO)s1.Cc1ccc(C(=O)N(C)C)s1.Cc1ccc(C(N)=O)s1.Cc1ccc(NCCC(=O)O)s1.Cc1ccc(NCCCN(C)C)s1. The van der Waals surface area contributed by atoms with Crippen molar-refractivity contribution in [2.45, 2.75) is 174 Å². The number of carboxylic acids is 2. The van der Waals surface area contributed by atoms with Crippen molar-refractivity contribution in [3.63, 3.8) is 0 Å². The number of ether oxygens (including phenoxy) is 4. The number of esters is 1. The van der Waals surface area contributed by atoms with Gasteiger partial charge in [-0.25, -0.2) is 0 Å². The second-order valence-electron chi connectivity index (χ2n) is 33.4. The van der Waals surface area contributed by atoms with Gasteiger partial charge in [0.1, 0.15) is 6.73 Å². The van der Waals surface area contributed by atoms with E-state index in [1.165, 1.54) is 121 Å². The van der Waals surface area contributed by atoms with Gasteiger partial charge in [-0.2, -0.15) is 0 Å². The summed E-state index contributed by atoms with van der Waals surface area (Å²) in [6.07, 6.45) is 6.64. The zero-order chi connectivity index (χ0) is 111. The Hall–Kier alpha value is -9.80. The molecule has 12 rings (SSSR count). The molecule has 0 unspecified atom stereocenters. The maximum absolute atomic E-state index is 12.2. The summed E-state index contributed by atoms with van der Waals surface area (Å²) in [6, 6.07) is 46.5. The number of carboxylic acid groups (broad SMARTS) is 2. The van der Waals surface area contributed by atoms with Crippen molar-refractivity contribution in [1.82, 2.24) is 24.5 Å². The smallest absolute Gasteiger partial charge is 0.307 e. The fourth-order valence-electron chi connectivity index (χ4n) is 11.5. The Morgan fingerprint density at radius 2 is 0.608 bits per heavy atom. The molecule has 148 heavy (non-hydrogen) atoms. The number of nitrogens with one attached hydrogen (secondary N) is 3. The maximum atomic E-state index is 12.2. The Morgan fingerprint density at radius 3 is 0.892 bits per heavy atom. The molecule has 0 fully saturated rings. The molecule has 0 aromatic carbocycles. The number of methoxy groups -OCH3 is 4. The minimum atomic E-state index is -0.929. The van der Waals surface area contributed by atoms with Crippen molar-refractivity contribution in [2.24, 2.45) is 5.73 Å². The first-order valence-corrected chi connectivity index (χ1v) is 57.5. The van der Waals surface area contributed by atoms with Crippen molar-refractivity contribution in [3.05, 3.63) is 248 Å². The number of aliphatic hydroxyl groups excluding tert-OH is 1. The minimum Gasteiger partial charge on any atom is -0.481 e. The van der Waals surface area contributed by atoms with Crippen LogP contribution >= 0.6 is 136 Å². The van der Waals surface area contributed by atoms with Gasteiger partial charge >= 0.3 is 17.9 Å². The van der Waals surface area contributed by atoms with Crippen molar-refractivity contribution < 1.29 is 91.8 Å². The van der Waals surface area contributed by atoms with Crippen LogP contribution in [0.5, 0.6) is 0 Å². The van der Waals surface area contributed by atoms with Gasteiger partial charge in [0.2, 0.25) is 0 Å². The van der Waals surface area contributed by atoms with Crippen molar-refractivity contribution in [2.75, 3.05) is 166 Å². The maximum Gasteiger partial charge on any atom is 0.307 e. The predicted octanol–water partition coefficient (Wildman–Crippen LogP) is 25.2. The van der Waals surface area contributed by atoms with E-state index in [1.54, 1.807) is 126 Å². The van der Waals surface area contributed by atoms with E-state index in [0.29, 0.717) is 94.4 Å². The highest BCUT2D eigenvalue weighted by atomic mass is 32.1. The molecule has 0 bridgehead atoms. The van der Waals surface area contributed by atoms with E-state index in [2.05, 4.69) is 70.6 Å². The number of aryl methyl sites for hydroxylation is 12. The fraction of sp³-hybridized carbons (Fsp3) is 0.444. The molecule has 28 nitrogen and oxygen atoms in total. The Kier molecular flexibility index (Phi) is 72.9. The molecule has 12 aromatic rings. The zero-order valence-electron chi connectivity index (χ0n) is 90.2. The van der Waals surface area contributed by atoms with Crippen LogP contribution in [0.15, 0.2) is 146 Å². The summed E-state index contributed by atoms with van der Waals surface area (Å²) in [5.41, 5.74) is 5.00. The number of carbonyl (C=O) groups excluding carboxylic acids is 10. The highest BCUT2D eigenvalue weighted by Crippen LogP contribution is 2.27. The molecule has 0 saturated heterocycles. The number of carbonyl (C=O) groups is 12. The van der Waals surface area contributed by atoms with Crippen LogP contribution in [0.4, 0.5) is 15.0 Å². The lowest BCUT2D eigenvalue weighted by Crippen LogP contribution is -2.36. The number of rotatable bonds is 43.